The summed E-state index contributed by atoms with van der Waals surface area (Å²) in [6, 6.07) is 20.5. The van der Waals surface area contributed by atoms with Crippen molar-refractivity contribution < 1.29 is 24.2 Å². The highest BCUT2D eigenvalue weighted by atomic mass is 79.9. The lowest BCUT2D eigenvalue weighted by molar-refractivity contribution is -0.117. The molecule has 1 aliphatic heterocycles. The van der Waals surface area contributed by atoms with Crippen LogP contribution in [0.15, 0.2) is 82.8 Å². The first kappa shape index (κ1) is 21.3. The average Bonchev–Trinajstić information content (AvgIpc) is 3.07. The third kappa shape index (κ3) is 4.55. The highest BCUT2D eigenvalue weighted by Gasteiger charge is 2.34. The number of benzene rings is 3. The summed E-state index contributed by atoms with van der Waals surface area (Å²) in [6.07, 6.45) is 1.53. The van der Waals surface area contributed by atoms with Crippen LogP contribution in [-0.2, 0) is 16.2 Å². The van der Waals surface area contributed by atoms with Crippen LogP contribution in [0.2, 0.25) is 0 Å². The van der Waals surface area contributed by atoms with Crippen LogP contribution in [0, 0.1) is 0 Å². The maximum Gasteiger partial charge on any atom is 0.335 e. The van der Waals surface area contributed by atoms with Gasteiger partial charge in [0.1, 0.15) is 17.9 Å². The molecule has 3 aromatic rings. The number of para-hydroxylation sites is 1. The number of nitrogens with one attached hydrogen (secondary N) is 1. The maximum absolute atomic E-state index is 12.7. The summed E-state index contributed by atoms with van der Waals surface area (Å²) in [7, 11) is 0. The van der Waals surface area contributed by atoms with Gasteiger partial charge in [-0.2, -0.15) is 0 Å². The quantitative estimate of drug-likeness (QED) is 0.397. The number of hydrogen-bond donors (Lipinski definition) is 2. The molecule has 0 atom stereocenters. The third-order valence-electron chi connectivity index (χ3n) is 4.77. The molecule has 2 N–H and O–H groups in total. The van der Waals surface area contributed by atoms with Gasteiger partial charge in [0.05, 0.1) is 15.7 Å². The zero-order valence-electron chi connectivity index (χ0n) is 16.6. The first-order valence-electron chi connectivity index (χ1n) is 9.59. The molecular formula is C24H17BrN2O5. The Kier molecular flexibility index (Phi) is 6.04. The van der Waals surface area contributed by atoms with Crippen LogP contribution in [0.5, 0.6) is 5.75 Å². The Morgan fingerprint density at radius 3 is 2.41 bits per heavy atom. The fourth-order valence-electron chi connectivity index (χ4n) is 3.11. The van der Waals surface area contributed by atoms with E-state index in [9.17, 15) is 14.4 Å². The van der Waals surface area contributed by atoms with Crippen molar-refractivity contribution in [2.24, 2.45) is 0 Å². The zero-order chi connectivity index (χ0) is 22.7. The van der Waals surface area contributed by atoms with E-state index >= 15 is 0 Å². The van der Waals surface area contributed by atoms with Crippen molar-refractivity contribution in [2.75, 3.05) is 5.01 Å². The van der Waals surface area contributed by atoms with Crippen molar-refractivity contribution in [2.45, 2.75) is 6.61 Å². The molecular weight excluding hydrogens is 476 g/mol. The summed E-state index contributed by atoms with van der Waals surface area (Å²) in [5.74, 6) is -1.31. The number of carboxylic acids is 1. The largest absolute Gasteiger partial charge is 0.488 e. The van der Waals surface area contributed by atoms with Gasteiger partial charge in [0.15, 0.2) is 0 Å². The van der Waals surface area contributed by atoms with Gasteiger partial charge in [0.2, 0.25) is 0 Å². The molecule has 0 saturated carbocycles. The number of ether oxygens (including phenoxy) is 1. The van der Waals surface area contributed by atoms with Crippen LogP contribution in [0.25, 0.3) is 6.08 Å². The number of halogens is 1. The van der Waals surface area contributed by atoms with Gasteiger partial charge in [-0.3, -0.25) is 15.0 Å². The molecule has 0 bridgehead atoms. The van der Waals surface area contributed by atoms with Gasteiger partial charge in [-0.15, -0.1) is 0 Å². The number of aromatic carboxylic acids is 1. The van der Waals surface area contributed by atoms with E-state index in [1.807, 2.05) is 6.07 Å². The number of rotatable bonds is 6. The van der Waals surface area contributed by atoms with Crippen LogP contribution < -0.4 is 15.2 Å². The summed E-state index contributed by atoms with van der Waals surface area (Å²) < 4.78 is 6.45. The van der Waals surface area contributed by atoms with Crippen LogP contribution in [-0.4, -0.2) is 22.9 Å². The fourth-order valence-corrected chi connectivity index (χ4v) is 3.62. The first-order valence-corrected chi connectivity index (χ1v) is 10.4. The van der Waals surface area contributed by atoms with Crippen molar-refractivity contribution >= 4 is 45.5 Å². The number of amides is 2. The summed E-state index contributed by atoms with van der Waals surface area (Å²) in [4.78, 5) is 36.0. The van der Waals surface area contributed by atoms with Gasteiger partial charge in [-0.05, 0) is 69.5 Å². The number of nitrogens with zero attached hydrogens (tertiary/aromatic N) is 1. The van der Waals surface area contributed by atoms with Crippen molar-refractivity contribution in [1.82, 2.24) is 5.43 Å². The molecule has 0 radical (unpaired) electrons. The van der Waals surface area contributed by atoms with Crippen LogP contribution in [0.1, 0.15) is 21.5 Å². The van der Waals surface area contributed by atoms with Crippen molar-refractivity contribution in [3.05, 3.63) is 99.5 Å². The van der Waals surface area contributed by atoms with Crippen LogP contribution in [0.4, 0.5) is 5.69 Å². The normalized spacial score (nSPS) is 14.5. The topological polar surface area (TPSA) is 95.9 Å². The molecule has 4 rings (SSSR count). The second-order valence-corrected chi connectivity index (χ2v) is 7.81. The van der Waals surface area contributed by atoms with E-state index in [1.54, 1.807) is 54.6 Å². The Labute approximate surface area is 192 Å². The van der Waals surface area contributed by atoms with E-state index in [0.717, 1.165) is 5.56 Å². The van der Waals surface area contributed by atoms with E-state index < -0.39 is 17.8 Å². The molecule has 32 heavy (non-hydrogen) atoms. The number of hydrazine groups is 1. The molecule has 7 nitrogen and oxygen atoms in total. The smallest absolute Gasteiger partial charge is 0.335 e. The fraction of sp³-hybridized carbons (Fsp3) is 0.0417. The minimum Gasteiger partial charge on any atom is -0.488 e. The number of hydrogen-bond acceptors (Lipinski definition) is 4. The molecule has 8 heteroatoms. The monoisotopic (exact) mass is 492 g/mol. The predicted octanol–water partition coefficient (Wildman–Crippen LogP) is 4.19. The summed E-state index contributed by atoms with van der Waals surface area (Å²) in [5, 5.41) is 10.2. The number of anilines is 1. The lowest BCUT2D eigenvalue weighted by Crippen LogP contribution is -2.35. The Balaban J connectivity index is 1.47. The second kappa shape index (κ2) is 9.07. The molecule has 1 aliphatic rings. The molecule has 0 unspecified atom stereocenters. The minimum atomic E-state index is -0.980. The number of carboxylic acid groups (broad SMARTS) is 1. The summed E-state index contributed by atoms with van der Waals surface area (Å²) >= 11 is 3.45. The van der Waals surface area contributed by atoms with Gasteiger partial charge in [0, 0.05) is 0 Å². The highest BCUT2D eigenvalue weighted by Crippen LogP contribution is 2.29. The van der Waals surface area contributed by atoms with E-state index in [4.69, 9.17) is 9.84 Å². The molecule has 160 valence electrons. The minimum absolute atomic E-state index is 0.0351. The molecule has 1 saturated heterocycles. The Bertz CT molecular complexity index is 1220. The maximum atomic E-state index is 12.7. The molecule has 3 aromatic carbocycles. The molecule has 1 fully saturated rings. The van der Waals surface area contributed by atoms with E-state index in [-0.39, 0.29) is 17.7 Å². The van der Waals surface area contributed by atoms with Gasteiger partial charge < -0.3 is 9.84 Å². The molecule has 1 heterocycles. The average molecular weight is 493 g/mol. The highest BCUT2D eigenvalue weighted by molar-refractivity contribution is 9.10. The molecule has 2 amide bonds. The van der Waals surface area contributed by atoms with E-state index in [2.05, 4.69) is 21.4 Å². The van der Waals surface area contributed by atoms with Crippen LogP contribution >= 0.6 is 15.9 Å². The van der Waals surface area contributed by atoms with Gasteiger partial charge in [-0.1, -0.05) is 36.4 Å². The molecule has 0 aliphatic carbocycles. The van der Waals surface area contributed by atoms with Crippen molar-refractivity contribution in [3.8, 4) is 5.75 Å². The van der Waals surface area contributed by atoms with E-state index in [0.29, 0.717) is 21.5 Å². The summed E-state index contributed by atoms with van der Waals surface area (Å²) in [5.41, 5.74) is 4.87. The van der Waals surface area contributed by atoms with Gasteiger partial charge in [-0.25, -0.2) is 9.80 Å². The van der Waals surface area contributed by atoms with Crippen molar-refractivity contribution in [3.63, 3.8) is 0 Å². The Hall–Kier alpha value is -3.91. The lowest BCUT2D eigenvalue weighted by Gasteiger charge is -2.13. The molecule has 0 spiro atoms. The predicted molar refractivity (Wildman–Crippen MR) is 122 cm³/mol. The lowest BCUT2D eigenvalue weighted by atomic mass is 10.1. The van der Waals surface area contributed by atoms with Crippen molar-refractivity contribution in [1.29, 1.82) is 0 Å². The van der Waals surface area contributed by atoms with Gasteiger partial charge in [0.25, 0.3) is 11.8 Å². The third-order valence-corrected chi connectivity index (χ3v) is 5.39. The second-order valence-electron chi connectivity index (χ2n) is 6.96. The first-order chi connectivity index (χ1) is 15.4. The number of carbonyl (C=O) groups excluding carboxylic acids is 2. The standard InChI is InChI=1S/C24H17BrN2O5/c25-20-13-16(8-11-21(20)32-14-15-6-9-17(10-7-15)24(30)31)12-19-22(28)26-27(23(19)29)18-4-2-1-3-5-18/h1-13H,14H2,(H,26,28)(H,30,31)/b19-12-. The zero-order valence-corrected chi connectivity index (χ0v) is 18.2. The SMILES string of the molecule is O=C1NN(c2ccccc2)C(=O)/C1=C\c1ccc(OCc2ccc(C(=O)O)cc2)c(Br)c1. The van der Waals surface area contributed by atoms with Gasteiger partial charge >= 0.3 is 5.97 Å². The number of carbonyl (C=O) groups is 3. The Morgan fingerprint density at radius 1 is 1.03 bits per heavy atom. The van der Waals surface area contributed by atoms with Crippen LogP contribution in [0.3, 0.4) is 0 Å². The summed E-state index contributed by atoms with van der Waals surface area (Å²) in [6.45, 7) is 0.256. The Morgan fingerprint density at radius 2 is 1.75 bits per heavy atom. The molecule has 0 aromatic heterocycles. The van der Waals surface area contributed by atoms with E-state index in [1.165, 1.54) is 23.2 Å².